The van der Waals surface area contributed by atoms with Crippen molar-refractivity contribution >= 4 is 10.8 Å². The summed E-state index contributed by atoms with van der Waals surface area (Å²) in [5.41, 5.74) is 1.04. The monoisotopic (exact) mass is 269 g/mol. The first-order valence-corrected chi connectivity index (χ1v) is 7.45. The Morgan fingerprint density at radius 1 is 1.28 bits per heavy atom. The van der Waals surface area contributed by atoms with Crippen molar-refractivity contribution in [2.45, 2.75) is 19.0 Å². The molecular formula is C13H19NO3S. The van der Waals surface area contributed by atoms with Crippen LogP contribution in [0.15, 0.2) is 18.2 Å². The molecule has 18 heavy (non-hydrogen) atoms. The molecule has 0 aliphatic carbocycles. The van der Waals surface area contributed by atoms with Crippen molar-refractivity contribution in [1.29, 1.82) is 0 Å². The minimum absolute atomic E-state index is 0.0791. The molecule has 0 aromatic heterocycles. The molecule has 1 saturated heterocycles. The number of methoxy groups -OCH3 is 2. The van der Waals surface area contributed by atoms with Crippen LogP contribution in [0.2, 0.25) is 0 Å². The number of hydrogen-bond acceptors (Lipinski definition) is 4. The molecule has 0 saturated carbocycles. The average Bonchev–Trinajstić information content (AvgIpc) is 2.36. The predicted octanol–water partition coefficient (Wildman–Crippen LogP) is 1.49. The highest BCUT2D eigenvalue weighted by Gasteiger charge is 2.26. The molecule has 1 fully saturated rings. The molecule has 1 heterocycles. The van der Waals surface area contributed by atoms with E-state index in [4.69, 9.17) is 9.47 Å². The van der Waals surface area contributed by atoms with Crippen LogP contribution in [0.1, 0.15) is 18.5 Å². The van der Waals surface area contributed by atoms with Crippen molar-refractivity contribution in [3.63, 3.8) is 0 Å². The zero-order valence-corrected chi connectivity index (χ0v) is 11.8. The highest BCUT2D eigenvalue weighted by molar-refractivity contribution is 7.85. The maximum atomic E-state index is 11.8. The van der Waals surface area contributed by atoms with E-state index in [0.717, 1.165) is 22.8 Å². The molecule has 4 nitrogen and oxygen atoms in total. The summed E-state index contributed by atoms with van der Waals surface area (Å²) in [7, 11) is 2.50. The molecule has 0 bridgehead atoms. The standard InChI is InChI=1S/C13H19NO3S/c1-9-7-18(15)8-12(14-9)11-5-4-10(16-2)6-13(11)17-3/h4-6,9,12,14H,7-8H2,1-3H3. The Bertz CT molecular complexity index is 450. The Hall–Kier alpha value is -1.07. The second kappa shape index (κ2) is 5.71. The summed E-state index contributed by atoms with van der Waals surface area (Å²) in [5, 5.41) is 3.46. The Morgan fingerprint density at radius 3 is 2.67 bits per heavy atom. The van der Waals surface area contributed by atoms with Gasteiger partial charge in [-0.1, -0.05) is 6.07 Å². The van der Waals surface area contributed by atoms with Gasteiger partial charge >= 0.3 is 0 Å². The Kier molecular flexibility index (Phi) is 4.24. The van der Waals surface area contributed by atoms with E-state index >= 15 is 0 Å². The number of ether oxygens (including phenoxy) is 2. The van der Waals surface area contributed by atoms with E-state index in [9.17, 15) is 4.21 Å². The predicted molar refractivity (Wildman–Crippen MR) is 72.8 cm³/mol. The largest absolute Gasteiger partial charge is 0.497 e. The molecule has 100 valence electrons. The number of benzene rings is 1. The van der Waals surface area contributed by atoms with Crippen LogP contribution in [0.4, 0.5) is 0 Å². The lowest BCUT2D eigenvalue weighted by Gasteiger charge is -2.29. The van der Waals surface area contributed by atoms with Crippen molar-refractivity contribution in [1.82, 2.24) is 5.32 Å². The summed E-state index contributed by atoms with van der Waals surface area (Å²) in [4.78, 5) is 0. The van der Waals surface area contributed by atoms with Gasteiger partial charge in [-0.2, -0.15) is 0 Å². The fourth-order valence-electron chi connectivity index (χ4n) is 2.26. The first kappa shape index (κ1) is 13.4. The second-order valence-corrected chi connectivity index (χ2v) is 6.05. The van der Waals surface area contributed by atoms with Gasteiger partial charge in [0.2, 0.25) is 0 Å². The van der Waals surface area contributed by atoms with Crippen LogP contribution < -0.4 is 14.8 Å². The van der Waals surface area contributed by atoms with Gasteiger partial charge in [0.05, 0.1) is 14.2 Å². The third kappa shape index (κ3) is 2.84. The topological polar surface area (TPSA) is 47.6 Å². The van der Waals surface area contributed by atoms with Gasteiger partial charge in [-0.25, -0.2) is 0 Å². The molecule has 0 radical (unpaired) electrons. The minimum Gasteiger partial charge on any atom is -0.497 e. The third-order valence-electron chi connectivity index (χ3n) is 3.09. The van der Waals surface area contributed by atoms with E-state index in [0.29, 0.717) is 5.75 Å². The van der Waals surface area contributed by atoms with Crippen LogP contribution in [0, 0.1) is 0 Å². The van der Waals surface area contributed by atoms with Crippen molar-refractivity contribution in [3.05, 3.63) is 23.8 Å². The summed E-state index contributed by atoms with van der Waals surface area (Å²) >= 11 is 0. The van der Waals surface area contributed by atoms with Crippen LogP contribution in [0.5, 0.6) is 11.5 Å². The lowest BCUT2D eigenvalue weighted by molar-refractivity contribution is 0.383. The van der Waals surface area contributed by atoms with Gasteiger partial charge in [-0.15, -0.1) is 0 Å². The normalized spacial score (nSPS) is 27.8. The lowest BCUT2D eigenvalue weighted by Crippen LogP contribution is -2.43. The average molecular weight is 269 g/mol. The minimum atomic E-state index is -0.768. The first-order valence-electron chi connectivity index (χ1n) is 5.97. The SMILES string of the molecule is COc1ccc(C2CS(=O)CC(C)N2)c(OC)c1. The quantitative estimate of drug-likeness (QED) is 0.903. The van der Waals surface area contributed by atoms with Crippen molar-refractivity contribution in [3.8, 4) is 11.5 Å². The van der Waals surface area contributed by atoms with E-state index in [1.165, 1.54) is 0 Å². The summed E-state index contributed by atoms with van der Waals surface area (Å²) in [6.45, 7) is 2.06. The van der Waals surface area contributed by atoms with Gasteiger partial charge in [0.1, 0.15) is 11.5 Å². The summed E-state index contributed by atoms with van der Waals surface area (Å²) in [6.07, 6.45) is 0. The van der Waals surface area contributed by atoms with E-state index in [1.54, 1.807) is 14.2 Å². The third-order valence-corrected chi connectivity index (χ3v) is 4.67. The van der Waals surface area contributed by atoms with Crippen LogP contribution in [-0.2, 0) is 10.8 Å². The van der Waals surface area contributed by atoms with Crippen molar-refractivity contribution < 1.29 is 13.7 Å². The van der Waals surface area contributed by atoms with E-state index in [1.807, 2.05) is 18.2 Å². The van der Waals surface area contributed by atoms with Gasteiger partial charge in [0.15, 0.2) is 0 Å². The van der Waals surface area contributed by atoms with E-state index in [-0.39, 0.29) is 12.1 Å². The van der Waals surface area contributed by atoms with Crippen molar-refractivity contribution in [2.75, 3.05) is 25.7 Å². The van der Waals surface area contributed by atoms with Gasteiger partial charge in [-0.3, -0.25) is 4.21 Å². The molecular weight excluding hydrogens is 250 g/mol. The molecule has 1 aliphatic rings. The van der Waals surface area contributed by atoms with Crippen LogP contribution in [0.25, 0.3) is 0 Å². The molecule has 1 aromatic carbocycles. The van der Waals surface area contributed by atoms with Crippen LogP contribution in [0.3, 0.4) is 0 Å². The number of hydrogen-bond donors (Lipinski definition) is 1. The Labute approximate surface area is 110 Å². The zero-order chi connectivity index (χ0) is 13.1. The van der Waals surface area contributed by atoms with Gasteiger partial charge in [-0.05, 0) is 13.0 Å². The molecule has 3 unspecified atom stereocenters. The molecule has 5 heteroatoms. The smallest absolute Gasteiger partial charge is 0.127 e. The second-order valence-electron chi connectivity index (χ2n) is 4.50. The van der Waals surface area contributed by atoms with Crippen LogP contribution in [-0.4, -0.2) is 36.0 Å². The molecule has 2 rings (SSSR count). The molecule has 1 aromatic rings. The van der Waals surface area contributed by atoms with Crippen molar-refractivity contribution in [2.24, 2.45) is 0 Å². The maximum absolute atomic E-state index is 11.8. The van der Waals surface area contributed by atoms with Gasteiger partial charge in [0, 0.05) is 46.0 Å². The Morgan fingerprint density at radius 2 is 2.06 bits per heavy atom. The zero-order valence-electron chi connectivity index (χ0n) is 10.9. The Balaban J connectivity index is 2.29. The highest BCUT2D eigenvalue weighted by atomic mass is 32.2. The highest BCUT2D eigenvalue weighted by Crippen LogP contribution is 2.31. The van der Waals surface area contributed by atoms with Gasteiger partial charge in [0.25, 0.3) is 0 Å². The van der Waals surface area contributed by atoms with E-state index < -0.39 is 10.8 Å². The molecule has 0 amide bonds. The number of rotatable bonds is 3. The van der Waals surface area contributed by atoms with Crippen LogP contribution >= 0.6 is 0 Å². The molecule has 3 atom stereocenters. The fraction of sp³-hybridized carbons (Fsp3) is 0.538. The first-order chi connectivity index (χ1) is 8.63. The summed E-state index contributed by atoms with van der Waals surface area (Å²) in [6, 6.07) is 6.08. The summed E-state index contributed by atoms with van der Waals surface area (Å²) < 4.78 is 22.4. The van der Waals surface area contributed by atoms with Gasteiger partial charge < -0.3 is 14.8 Å². The molecule has 1 N–H and O–H groups in total. The molecule has 1 aliphatic heterocycles. The van der Waals surface area contributed by atoms with E-state index in [2.05, 4.69) is 12.2 Å². The summed E-state index contributed by atoms with van der Waals surface area (Å²) in [5.74, 6) is 2.89. The lowest BCUT2D eigenvalue weighted by atomic mass is 10.1. The number of nitrogens with one attached hydrogen (secondary N) is 1. The maximum Gasteiger partial charge on any atom is 0.127 e. The molecule has 0 spiro atoms. The fourth-order valence-corrected chi connectivity index (χ4v) is 3.70.